The Morgan fingerprint density at radius 3 is 2.45 bits per heavy atom. The van der Waals surface area contributed by atoms with Crippen LogP contribution in [0.25, 0.3) is 21.9 Å². The third-order valence-electron chi connectivity index (χ3n) is 4.96. The van der Waals surface area contributed by atoms with Crippen LogP contribution < -0.4 is 20.9 Å². The highest BCUT2D eigenvalue weighted by atomic mass is 35.5. The number of nitrogens with two attached hydrogens (primary N) is 1. The molecular formula is C23H20Cl2N4O4. The van der Waals surface area contributed by atoms with Crippen LogP contribution in [-0.4, -0.2) is 29.9 Å². The number of fused-ring (bicyclic) bond motifs is 3. The van der Waals surface area contributed by atoms with Crippen LogP contribution in [0.3, 0.4) is 0 Å². The number of benzene rings is 2. The van der Waals surface area contributed by atoms with Gasteiger partial charge in [0, 0.05) is 34.8 Å². The number of carbonyl (C=O) groups is 2. The third kappa shape index (κ3) is 4.08. The Balaban J connectivity index is 1.92. The van der Waals surface area contributed by atoms with Gasteiger partial charge in [-0.25, -0.2) is 10.4 Å². The Kier molecular flexibility index (Phi) is 6.16. The smallest absolute Gasteiger partial charge is 0.272 e. The normalized spacial score (nSPS) is 11.3. The number of hydrazine groups is 1. The number of carbonyl (C=O) groups excluding carboxylic acids is 2. The molecule has 2 aromatic carbocycles. The maximum absolute atomic E-state index is 13.6. The van der Waals surface area contributed by atoms with E-state index in [1.165, 1.54) is 24.5 Å². The van der Waals surface area contributed by atoms with Gasteiger partial charge in [-0.15, -0.1) is 0 Å². The van der Waals surface area contributed by atoms with Crippen LogP contribution in [0.4, 0.5) is 5.69 Å². The summed E-state index contributed by atoms with van der Waals surface area (Å²) in [7, 11) is 1.50. The van der Waals surface area contributed by atoms with Gasteiger partial charge < -0.3 is 14.9 Å². The number of hydrogen-bond acceptors (Lipinski definition) is 6. The van der Waals surface area contributed by atoms with E-state index in [0.717, 1.165) is 0 Å². The second-order valence-electron chi connectivity index (χ2n) is 7.57. The highest BCUT2D eigenvalue weighted by Gasteiger charge is 2.25. The zero-order valence-corrected chi connectivity index (χ0v) is 19.5. The number of methoxy groups -OCH3 is 1. The van der Waals surface area contributed by atoms with E-state index in [-0.39, 0.29) is 27.3 Å². The summed E-state index contributed by atoms with van der Waals surface area (Å²) in [6, 6.07) is 7.96. The number of halogens is 2. The van der Waals surface area contributed by atoms with Crippen LogP contribution in [0.5, 0.6) is 5.75 Å². The summed E-state index contributed by atoms with van der Waals surface area (Å²) in [5.74, 6) is -0.600. The van der Waals surface area contributed by atoms with Gasteiger partial charge in [-0.3, -0.25) is 14.6 Å². The number of anilines is 1. The quantitative estimate of drug-likeness (QED) is 0.372. The zero-order valence-electron chi connectivity index (χ0n) is 18.0. The summed E-state index contributed by atoms with van der Waals surface area (Å²) in [5, 5.41) is 2.71. The summed E-state index contributed by atoms with van der Waals surface area (Å²) in [5.41, 5.74) is 10.3. The molecule has 4 aromatic rings. The Bertz CT molecular complexity index is 1380. The lowest BCUT2D eigenvalue weighted by molar-refractivity contribution is 0.0969. The number of nitrogens with one attached hydrogen (secondary N) is 1. The molecule has 3 N–H and O–H groups in total. The van der Waals surface area contributed by atoms with E-state index in [1.54, 1.807) is 30.3 Å². The van der Waals surface area contributed by atoms with Crippen molar-refractivity contribution in [1.29, 1.82) is 0 Å². The summed E-state index contributed by atoms with van der Waals surface area (Å²) < 4.78 is 11.3. The maximum Gasteiger partial charge on any atom is 0.272 e. The van der Waals surface area contributed by atoms with Crippen molar-refractivity contribution in [1.82, 2.24) is 10.4 Å². The SMILES string of the molecule is COc1ccc(C(N)=O)c2c1oc1ccc(C(=O)N(NC(C)C)c3c(Cl)cncc3Cl)cc12. The minimum atomic E-state index is -0.625. The molecule has 0 bridgehead atoms. The highest BCUT2D eigenvalue weighted by molar-refractivity contribution is 6.40. The predicted molar refractivity (Wildman–Crippen MR) is 128 cm³/mol. The van der Waals surface area contributed by atoms with Crippen molar-refractivity contribution in [2.45, 2.75) is 19.9 Å². The van der Waals surface area contributed by atoms with Crippen molar-refractivity contribution in [2.75, 3.05) is 12.1 Å². The van der Waals surface area contributed by atoms with Gasteiger partial charge in [0.1, 0.15) is 11.3 Å². The fraction of sp³-hybridized carbons (Fsp3) is 0.174. The van der Waals surface area contributed by atoms with Gasteiger partial charge in [-0.2, -0.15) is 0 Å². The van der Waals surface area contributed by atoms with Crippen molar-refractivity contribution in [2.24, 2.45) is 5.73 Å². The molecule has 0 spiro atoms. The topological polar surface area (TPSA) is 111 Å². The first kappa shape index (κ1) is 22.8. The lowest BCUT2D eigenvalue weighted by Crippen LogP contribution is -2.47. The Labute approximate surface area is 199 Å². The Morgan fingerprint density at radius 1 is 1.15 bits per heavy atom. The average Bonchev–Trinajstić information content (AvgIpc) is 3.15. The van der Waals surface area contributed by atoms with E-state index in [1.807, 2.05) is 13.8 Å². The van der Waals surface area contributed by atoms with Gasteiger partial charge in [0.05, 0.1) is 22.7 Å². The molecule has 2 heterocycles. The molecule has 2 amide bonds. The highest BCUT2D eigenvalue weighted by Crippen LogP contribution is 2.38. The summed E-state index contributed by atoms with van der Waals surface area (Å²) >= 11 is 12.6. The Morgan fingerprint density at radius 2 is 1.85 bits per heavy atom. The monoisotopic (exact) mass is 486 g/mol. The number of aromatic nitrogens is 1. The molecule has 0 fully saturated rings. The van der Waals surface area contributed by atoms with E-state index in [4.69, 9.17) is 38.1 Å². The number of primary amides is 1. The lowest BCUT2D eigenvalue weighted by Gasteiger charge is -2.27. The number of ether oxygens (including phenoxy) is 1. The number of amides is 2. The van der Waals surface area contributed by atoms with Gasteiger partial charge in [-0.05, 0) is 44.2 Å². The number of nitrogens with zero attached hydrogens (tertiary/aromatic N) is 2. The second-order valence-corrected chi connectivity index (χ2v) is 8.39. The molecule has 0 aliphatic carbocycles. The van der Waals surface area contributed by atoms with E-state index < -0.39 is 11.8 Å². The molecule has 170 valence electrons. The zero-order chi connectivity index (χ0) is 23.9. The van der Waals surface area contributed by atoms with Gasteiger partial charge in [-0.1, -0.05) is 23.2 Å². The van der Waals surface area contributed by atoms with Crippen LogP contribution in [0.15, 0.2) is 47.1 Å². The molecule has 2 aromatic heterocycles. The fourth-order valence-electron chi connectivity index (χ4n) is 3.59. The van der Waals surface area contributed by atoms with Crippen LogP contribution in [-0.2, 0) is 0 Å². The molecule has 0 radical (unpaired) electrons. The van der Waals surface area contributed by atoms with Crippen molar-refractivity contribution in [3.63, 3.8) is 0 Å². The molecule has 4 rings (SSSR count). The first-order valence-corrected chi connectivity index (χ1v) is 10.7. The van der Waals surface area contributed by atoms with Crippen molar-refractivity contribution < 1.29 is 18.7 Å². The van der Waals surface area contributed by atoms with Gasteiger partial charge >= 0.3 is 0 Å². The van der Waals surface area contributed by atoms with Crippen molar-refractivity contribution in [3.05, 3.63) is 63.9 Å². The minimum Gasteiger partial charge on any atom is -0.493 e. The third-order valence-corrected chi connectivity index (χ3v) is 5.51. The molecular weight excluding hydrogens is 467 g/mol. The minimum absolute atomic E-state index is 0.113. The van der Waals surface area contributed by atoms with Crippen LogP contribution in [0.2, 0.25) is 10.0 Å². The standard InChI is InChI=1S/C23H20Cl2N4O4/c1-11(2)28-29(20-15(24)9-27-10-16(20)25)23(31)12-4-6-17-14(8-12)19-13(22(26)30)5-7-18(32-3)21(19)33-17/h4-11,28H,1-3H3,(H2,26,30). The van der Waals surface area contributed by atoms with Crippen molar-refractivity contribution >= 4 is 62.6 Å². The van der Waals surface area contributed by atoms with Gasteiger partial charge in [0.25, 0.3) is 5.91 Å². The molecule has 8 nitrogen and oxygen atoms in total. The number of pyridine rings is 1. The number of furan rings is 1. The predicted octanol–water partition coefficient (Wildman–Crippen LogP) is 4.96. The van der Waals surface area contributed by atoms with E-state index in [9.17, 15) is 9.59 Å². The van der Waals surface area contributed by atoms with Gasteiger partial charge in [0.15, 0.2) is 11.3 Å². The van der Waals surface area contributed by atoms with Crippen LogP contribution >= 0.6 is 23.2 Å². The molecule has 10 heteroatoms. The van der Waals surface area contributed by atoms with Crippen LogP contribution in [0.1, 0.15) is 34.6 Å². The molecule has 0 aliphatic heterocycles. The molecule has 0 aliphatic rings. The number of hydrogen-bond donors (Lipinski definition) is 2. The summed E-state index contributed by atoms with van der Waals surface area (Å²) in [6.45, 7) is 3.75. The molecule has 0 saturated heterocycles. The first-order chi connectivity index (χ1) is 15.7. The Hall–Kier alpha value is -3.33. The molecule has 0 atom stereocenters. The average molecular weight is 487 g/mol. The first-order valence-electron chi connectivity index (χ1n) is 9.95. The van der Waals surface area contributed by atoms with E-state index in [0.29, 0.717) is 33.3 Å². The molecule has 0 saturated carbocycles. The van der Waals surface area contributed by atoms with Gasteiger partial charge in [0.2, 0.25) is 5.91 Å². The molecule has 33 heavy (non-hydrogen) atoms. The summed E-state index contributed by atoms with van der Waals surface area (Å²) in [4.78, 5) is 29.6. The van der Waals surface area contributed by atoms with E-state index in [2.05, 4.69) is 10.4 Å². The maximum atomic E-state index is 13.6. The fourth-order valence-corrected chi connectivity index (χ4v) is 4.12. The van der Waals surface area contributed by atoms with Crippen molar-refractivity contribution in [3.8, 4) is 5.75 Å². The number of rotatable bonds is 6. The lowest BCUT2D eigenvalue weighted by atomic mass is 10.0. The summed E-state index contributed by atoms with van der Waals surface area (Å²) in [6.07, 6.45) is 2.81. The second kappa shape index (κ2) is 8.90. The van der Waals surface area contributed by atoms with Crippen LogP contribution in [0, 0.1) is 0 Å². The van der Waals surface area contributed by atoms with E-state index >= 15 is 0 Å². The largest absolute Gasteiger partial charge is 0.493 e. The molecule has 0 unspecified atom stereocenters.